The fourth-order valence-electron chi connectivity index (χ4n) is 0.994. The maximum absolute atomic E-state index is 12.7. The van der Waals surface area contributed by atoms with E-state index in [-0.39, 0.29) is 23.5 Å². The molecule has 2 N–H and O–H groups in total. The maximum atomic E-state index is 12.7. The third kappa shape index (κ3) is 1.83. The first-order chi connectivity index (χ1) is 6.06. The number of Topliss-reactive ketones (excluding diaryl/α,β-unsaturated/α-hetero) is 1. The first kappa shape index (κ1) is 9.64. The molecule has 0 bridgehead atoms. The standard InChI is InChI=1S/C9H9F2NO/c1-2-9(13)5-3-6(10)7(11)4-8(5)12/h3-4H,2,12H2,1H3. The molecule has 0 fully saturated rings. The van der Waals surface area contributed by atoms with Crippen LogP contribution in [0.4, 0.5) is 14.5 Å². The van der Waals surface area contributed by atoms with E-state index in [2.05, 4.69) is 0 Å². The van der Waals surface area contributed by atoms with Gasteiger partial charge in [-0.25, -0.2) is 8.78 Å². The Morgan fingerprint density at radius 2 is 1.92 bits per heavy atom. The Morgan fingerprint density at radius 3 is 2.46 bits per heavy atom. The molecule has 0 aliphatic rings. The molecule has 0 aliphatic carbocycles. The number of rotatable bonds is 2. The van der Waals surface area contributed by atoms with E-state index in [4.69, 9.17) is 5.73 Å². The SMILES string of the molecule is CCC(=O)c1cc(F)c(F)cc1N. The molecule has 4 heteroatoms. The molecule has 0 amide bonds. The Balaban J connectivity index is 3.23. The van der Waals surface area contributed by atoms with Crippen LogP contribution < -0.4 is 5.73 Å². The van der Waals surface area contributed by atoms with Crippen molar-refractivity contribution in [1.82, 2.24) is 0 Å². The smallest absolute Gasteiger partial charge is 0.164 e. The second-order valence-corrected chi connectivity index (χ2v) is 2.63. The fourth-order valence-corrected chi connectivity index (χ4v) is 0.994. The van der Waals surface area contributed by atoms with Crippen LogP contribution in [0.15, 0.2) is 12.1 Å². The van der Waals surface area contributed by atoms with E-state index in [9.17, 15) is 13.6 Å². The number of carbonyl (C=O) groups is 1. The molecule has 1 aromatic rings. The number of benzene rings is 1. The first-order valence-corrected chi connectivity index (χ1v) is 3.84. The van der Waals surface area contributed by atoms with Gasteiger partial charge >= 0.3 is 0 Å². The minimum absolute atomic E-state index is 0.0225. The molecular formula is C9H9F2NO. The topological polar surface area (TPSA) is 43.1 Å². The average molecular weight is 185 g/mol. The Kier molecular flexibility index (Phi) is 2.60. The van der Waals surface area contributed by atoms with Crippen LogP contribution in [-0.4, -0.2) is 5.78 Å². The van der Waals surface area contributed by atoms with Gasteiger partial charge in [-0.15, -0.1) is 0 Å². The fraction of sp³-hybridized carbons (Fsp3) is 0.222. The molecule has 70 valence electrons. The van der Waals surface area contributed by atoms with E-state index in [0.29, 0.717) is 0 Å². The largest absolute Gasteiger partial charge is 0.398 e. The zero-order chi connectivity index (χ0) is 10.0. The quantitative estimate of drug-likeness (QED) is 0.566. The monoisotopic (exact) mass is 185 g/mol. The summed E-state index contributed by atoms with van der Waals surface area (Å²) in [6, 6.07) is 1.65. The average Bonchev–Trinajstić information content (AvgIpc) is 2.10. The number of halogens is 2. The van der Waals surface area contributed by atoms with Crippen molar-refractivity contribution in [3.05, 3.63) is 29.3 Å². The summed E-state index contributed by atoms with van der Waals surface area (Å²) in [6.07, 6.45) is 0.218. The van der Waals surface area contributed by atoms with Crippen molar-refractivity contribution in [1.29, 1.82) is 0 Å². The van der Waals surface area contributed by atoms with Gasteiger partial charge in [0, 0.05) is 23.7 Å². The second kappa shape index (κ2) is 3.51. The van der Waals surface area contributed by atoms with Gasteiger partial charge in [0.25, 0.3) is 0 Å². The van der Waals surface area contributed by atoms with Crippen LogP contribution in [0.5, 0.6) is 0 Å². The van der Waals surface area contributed by atoms with Crippen LogP contribution in [0.3, 0.4) is 0 Å². The van der Waals surface area contributed by atoms with Gasteiger partial charge in [-0.05, 0) is 6.07 Å². The summed E-state index contributed by atoms with van der Waals surface area (Å²) in [5, 5.41) is 0. The lowest BCUT2D eigenvalue weighted by molar-refractivity contribution is 0.0988. The highest BCUT2D eigenvalue weighted by Crippen LogP contribution is 2.18. The lowest BCUT2D eigenvalue weighted by atomic mass is 10.1. The Morgan fingerprint density at radius 1 is 1.38 bits per heavy atom. The molecular weight excluding hydrogens is 176 g/mol. The number of carbonyl (C=O) groups excluding carboxylic acids is 1. The molecule has 1 aromatic carbocycles. The molecule has 2 nitrogen and oxygen atoms in total. The van der Waals surface area contributed by atoms with Crippen LogP contribution in [0, 0.1) is 11.6 Å². The van der Waals surface area contributed by atoms with Crippen molar-refractivity contribution < 1.29 is 13.6 Å². The predicted octanol–water partition coefficient (Wildman–Crippen LogP) is 2.14. The number of hydrogen-bond donors (Lipinski definition) is 1. The minimum atomic E-state index is -1.05. The van der Waals surface area contributed by atoms with E-state index < -0.39 is 11.6 Å². The molecule has 0 spiro atoms. The predicted molar refractivity (Wildman–Crippen MR) is 45.4 cm³/mol. The van der Waals surface area contributed by atoms with Gasteiger partial charge in [-0.2, -0.15) is 0 Å². The van der Waals surface area contributed by atoms with Crippen molar-refractivity contribution in [2.75, 3.05) is 5.73 Å². The van der Waals surface area contributed by atoms with Crippen molar-refractivity contribution in [2.24, 2.45) is 0 Å². The summed E-state index contributed by atoms with van der Waals surface area (Å²) in [4.78, 5) is 11.1. The maximum Gasteiger partial charge on any atom is 0.164 e. The normalized spacial score (nSPS) is 10.1. The summed E-state index contributed by atoms with van der Waals surface area (Å²) < 4.78 is 25.2. The van der Waals surface area contributed by atoms with Gasteiger partial charge in [0.1, 0.15) is 0 Å². The van der Waals surface area contributed by atoms with Crippen LogP contribution in [-0.2, 0) is 0 Å². The second-order valence-electron chi connectivity index (χ2n) is 2.63. The zero-order valence-corrected chi connectivity index (χ0v) is 7.10. The van der Waals surface area contributed by atoms with Crippen LogP contribution in [0.2, 0.25) is 0 Å². The van der Waals surface area contributed by atoms with E-state index in [1.165, 1.54) is 0 Å². The third-order valence-electron chi connectivity index (χ3n) is 1.71. The molecule has 0 saturated heterocycles. The van der Waals surface area contributed by atoms with Gasteiger partial charge in [-0.1, -0.05) is 6.92 Å². The van der Waals surface area contributed by atoms with Gasteiger partial charge in [0.05, 0.1) is 0 Å². The summed E-state index contributed by atoms with van der Waals surface area (Å²) in [5.74, 6) is -2.38. The minimum Gasteiger partial charge on any atom is -0.398 e. The highest BCUT2D eigenvalue weighted by atomic mass is 19.2. The highest BCUT2D eigenvalue weighted by Gasteiger charge is 2.12. The van der Waals surface area contributed by atoms with Crippen molar-refractivity contribution in [3.63, 3.8) is 0 Å². The Labute approximate surface area is 74.4 Å². The third-order valence-corrected chi connectivity index (χ3v) is 1.71. The molecule has 0 radical (unpaired) electrons. The van der Waals surface area contributed by atoms with Crippen LogP contribution >= 0.6 is 0 Å². The van der Waals surface area contributed by atoms with Gasteiger partial charge in [-0.3, -0.25) is 4.79 Å². The number of nitrogens with two attached hydrogens (primary N) is 1. The molecule has 0 atom stereocenters. The summed E-state index contributed by atoms with van der Waals surface area (Å²) in [7, 11) is 0. The van der Waals surface area contributed by atoms with Crippen molar-refractivity contribution >= 4 is 11.5 Å². The number of hydrogen-bond acceptors (Lipinski definition) is 2. The summed E-state index contributed by atoms with van der Waals surface area (Å²) in [5.41, 5.74) is 5.36. The number of anilines is 1. The molecule has 0 aliphatic heterocycles. The molecule has 1 rings (SSSR count). The van der Waals surface area contributed by atoms with Gasteiger partial charge in [0.15, 0.2) is 17.4 Å². The van der Waals surface area contributed by atoms with E-state index >= 15 is 0 Å². The molecule has 0 unspecified atom stereocenters. The zero-order valence-electron chi connectivity index (χ0n) is 7.10. The molecule has 0 aromatic heterocycles. The Bertz CT molecular complexity index is 350. The van der Waals surface area contributed by atoms with E-state index in [1.54, 1.807) is 6.92 Å². The van der Waals surface area contributed by atoms with E-state index in [0.717, 1.165) is 12.1 Å². The summed E-state index contributed by atoms with van der Waals surface area (Å²) in [6.45, 7) is 1.63. The number of ketones is 1. The van der Waals surface area contributed by atoms with Crippen molar-refractivity contribution in [2.45, 2.75) is 13.3 Å². The first-order valence-electron chi connectivity index (χ1n) is 3.84. The van der Waals surface area contributed by atoms with Gasteiger partial charge in [0.2, 0.25) is 0 Å². The van der Waals surface area contributed by atoms with Crippen molar-refractivity contribution in [3.8, 4) is 0 Å². The highest BCUT2D eigenvalue weighted by molar-refractivity contribution is 6.00. The molecule has 13 heavy (non-hydrogen) atoms. The number of nitrogen functional groups attached to an aromatic ring is 1. The lowest BCUT2D eigenvalue weighted by Crippen LogP contribution is -2.04. The Hall–Kier alpha value is -1.45. The molecule has 0 saturated carbocycles. The van der Waals surface area contributed by atoms with Crippen LogP contribution in [0.25, 0.3) is 0 Å². The lowest BCUT2D eigenvalue weighted by Gasteiger charge is -2.03. The van der Waals surface area contributed by atoms with E-state index in [1.807, 2.05) is 0 Å². The van der Waals surface area contributed by atoms with Crippen LogP contribution in [0.1, 0.15) is 23.7 Å². The summed E-state index contributed by atoms with van der Waals surface area (Å²) >= 11 is 0. The molecule has 0 heterocycles. The van der Waals surface area contributed by atoms with Gasteiger partial charge < -0.3 is 5.73 Å².